The molecule has 0 aromatic heterocycles. The number of hydrogen-bond acceptors (Lipinski definition) is 1. The quantitative estimate of drug-likeness (QED) is 0.629. The van der Waals surface area contributed by atoms with Crippen LogP contribution in [0, 0.1) is 0 Å². The highest BCUT2D eigenvalue weighted by Gasteiger charge is 2.30. The molecule has 1 aromatic carbocycles. The Morgan fingerprint density at radius 1 is 1.31 bits per heavy atom. The molecule has 68 valence electrons. The zero-order valence-electron chi connectivity index (χ0n) is 6.43. The van der Waals surface area contributed by atoms with Crippen LogP contribution in [-0.2, 0) is 6.18 Å². The zero-order valence-corrected chi connectivity index (χ0v) is 7.25. The zero-order chi connectivity index (χ0) is 9.90. The molecule has 0 aliphatic rings. The molecule has 0 fully saturated rings. The second kappa shape index (κ2) is 3.73. The Bertz CT molecular complexity index is 348. The van der Waals surface area contributed by atoms with E-state index in [1.165, 1.54) is 18.2 Å². The van der Waals surface area contributed by atoms with Crippen molar-refractivity contribution in [3.05, 3.63) is 35.4 Å². The fraction of sp³-hybridized carbons (Fsp3) is 0.111. The molecule has 1 rings (SSSR count). The first-order valence-corrected chi connectivity index (χ1v) is 3.83. The van der Waals surface area contributed by atoms with Crippen molar-refractivity contribution >= 4 is 23.3 Å². The topological polar surface area (TPSA) is 0 Å². The summed E-state index contributed by atoms with van der Waals surface area (Å²) < 4.78 is 36.4. The molecule has 0 aliphatic heterocycles. The minimum atomic E-state index is -4.30. The average Bonchev–Trinajstić information content (AvgIpc) is 2.04. The van der Waals surface area contributed by atoms with Crippen molar-refractivity contribution in [2.45, 2.75) is 6.18 Å². The molecule has 0 spiro atoms. The lowest BCUT2D eigenvalue weighted by molar-refractivity contribution is -0.137. The lowest BCUT2D eigenvalue weighted by atomic mass is 10.1. The summed E-state index contributed by atoms with van der Waals surface area (Å²) in [5, 5.41) is 2.25. The fourth-order valence-corrected chi connectivity index (χ4v) is 1.01. The molecule has 0 N–H and O–H groups in total. The van der Waals surface area contributed by atoms with Gasteiger partial charge in [-0.1, -0.05) is 12.1 Å². The lowest BCUT2D eigenvalue weighted by Crippen LogP contribution is -2.04. The molecular weight excluding hydrogens is 197 g/mol. The third-order valence-corrected chi connectivity index (χ3v) is 1.56. The van der Waals surface area contributed by atoms with Gasteiger partial charge in [0.25, 0.3) is 0 Å². The average molecular weight is 202 g/mol. The van der Waals surface area contributed by atoms with E-state index in [4.69, 9.17) is 0 Å². The SMILES string of the molecule is FC(F)(F)c1cccc(C=C=S)c1. The molecule has 0 saturated carbocycles. The van der Waals surface area contributed by atoms with Gasteiger partial charge in [-0.25, -0.2) is 0 Å². The monoisotopic (exact) mass is 202 g/mol. The molecule has 1 aromatic rings. The fourth-order valence-electron chi connectivity index (χ4n) is 0.873. The molecule has 4 heteroatoms. The van der Waals surface area contributed by atoms with E-state index in [0.29, 0.717) is 5.56 Å². The van der Waals surface area contributed by atoms with Crippen molar-refractivity contribution in [3.63, 3.8) is 0 Å². The van der Waals surface area contributed by atoms with Gasteiger partial charge < -0.3 is 0 Å². The van der Waals surface area contributed by atoms with Gasteiger partial charge in [0.15, 0.2) is 0 Å². The number of alkyl halides is 3. The van der Waals surface area contributed by atoms with Crippen LogP contribution in [0.1, 0.15) is 11.1 Å². The van der Waals surface area contributed by atoms with Crippen molar-refractivity contribution in [2.24, 2.45) is 0 Å². The van der Waals surface area contributed by atoms with Crippen LogP contribution in [0.2, 0.25) is 0 Å². The van der Waals surface area contributed by atoms with Crippen LogP contribution in [0.3, 0.4) is 0 Å². The first-order chi connectivity index (χ1) is 6.04. The van der Waals surface area contributed by atoms with Crippen LogP contribution in [0.4, 0.5) is 13.2 Å². The van der Waals surface area contributed by atoms with Crippen molar-refractivity contribution in [1.29, 1.82) is 0 Å². The van der Waals surface area contributed by atoms with Gasteiger partial charge in [-0.3, -0.25) is 0 Å². The van der Waals surface area contributed by atoms with Gasteiger partial charge in [-0.05, 0) is 41.0 Å². The molecule has 0 bridgehead atoms. The summed E-state index contributed by atoms with van der Waals surface area (Å²) in [5.41, 5.74) is -0.267. The molecule has 0 radical (unpaired) electrons. The molecule has 0 saturated heterocycles. The summed E-state index contributed by atoms with van der Waals surface area (Å²) in [7, 11) is 0. The van der Waals surface area contributed by atoms with E-state index < -0.39 is 11.7 Å². The Morgan fingerprint density at radius 3 is 2.54 bits per heavy atom. The summed E-state index contributed by atoms with van der Waals surface area (Å²) in [4.78, 5) is 0. The van der Waals surface area contributed by atoms with Crippen LogP contribution < -0.4 is 0 Å². The van der Waals surface area contributed by atoms with Gasteiger partial charge >= 0.3 is 6.18 Å². The van der Waals surface area contributed by atoms with E-state index in [2.05, 4.69) is 17.2 Å². The van der Waals surface area contributed by atoms with Crippen molar-refractivity contribution < 1.29 is 13.2 Å². The van der Waals surface area contributed by atoms with Crippen molar-refractivity contribution in [1.82, 2.24) is 0 Å². The van der Waals surface area contributed by atoms with E-state index in [1.807, 2.05) is 0 Å². The van der Waals surface area contributed by atoms with E-state index in [-0.39, 0.29) is 0 Å². The van der Waals surface area contributed by atoms with Crippen molar-refractivity contribution in [3.8, 4) is 0 Å². The summed E-state index contributed by atoms with van der Waals surface area (Å²) in [6, 6.07) is 4.91. The van der Waals surface area contributed by atoms with Crippen LogP contribution in [0.15, 0.2) is 24.3 Å². The smallest absolute Gasteiger partial charge is 0.166 e. The molecular formula is C9H5F3S. The minimum absolute atomic E-state index is 0.407. The second-order valence-corrected chi connectivity index (χ2v) is 2.62. The number of hydrogen-bond donors (Lipinski definition) is 0. The minimum Gasteiger partial charge on any atom is -0.166 e. The highest BCUT2D eigenvalue weighted by atomic mass is 32.1. The first kappa shape index (κ1) is 9.96. The molecule has 0 nitrogen and oxygen atoms in total. The Hall–Kier alpha value is -1.12. The Morgan fingerprint density at radius 2 is 2.00 bits per heavy atom. The lowest BCUT2D eigenvalue weighted by Gasteiger charge is -2.05. The van der Waals surface area contributed by atoms with Gasteiger partial charge in [-0.2, -0.15) is 13.2 Å². The van der Waals surface area contributed by atoms with E-state index in [9.17, 15) is 13.2 Å². The number of benzene rings is 1. The Balaban J connectivity index is 3.12. The number of thiocarbonyl (C=S) groups is 1. The standard InChI is InChI=1S/C9H5F3S/c10-9(11,12)8-3-1-2-7(6-8)4-5-13/h1-4,6H. The highest BCUT2D eigenvalue weighted by molar-refractivity contribution is 7.78. The van der Waals surface area contributed by atoms with Gasteiger partial charge in [0.1, 0.15) is 0 Å². The summed E-state index contributed by atoms with van der Waals surface area (Å²) in [6.07, 6.45) is -2.98. The predicted molar refractivity (Wildman–Crippen MR) is 48.5 cm³/mol. The highest BCUT2D eigenvalue weighted by Crippen LogP contribution is 2.29. The third kappa shape index (κ3) is 2.68. The van der Waals surface area contributed by atoms with Gasteiger partial charge in [0.2, 0.25) is 0 Å². The first-order valence-electron chi connectivity index (χ1n) is 3.42. The van der Waals surface area contributed by atoms with Crippen LogP contribution in [0.25, 0.3) is 6.08 Å². The van der Waals surface area contributed by atoms with E-state index in [1.54, 1.807) is 0 Å². The molecule has 0 atom stereocenters. The summed E-state index contributed by atoms with van der Waals surface area (Å²) in [6.45, 7) is 0. The van der Waals surface area contributed by atoms with Gasteiger partial charge in [-0.15, -0.1) is 0 Å². The number of rotatable bonds is 1. The molecule has 13 heavy (non-hydrogen) atoms. The molecule has 0 unspecified atom stereocenters. The Labute approximate surface area is 78.7 Å². The van der Waals surface area contributed by atoms with Gasteiger partial charge in [0.05, 0.1) is 5.56 Å². The maximum atomic E-state index is 12.1. The molecule has 0 amide bonds. The van der Waals surface area contributed by atoms with Crippen LogP contribution in [-0.4, -0.2) is 5.02 Å². The summed E-state index contributed by atoms with van der Waals surface area (Å²) >= 11 is 4.38. The predicted octanol–water partition coefficient (Wildman–Crippen LogP) is 3.32. The van der Waals surface area contributed by atoms with E-state index in [0.717, 1.165) is 12.1 Å². The molecule has 0 aliphatic carbocycles. The molecule has 0 heterocycles. The van der Waals surface area contributed by atoms with Gasteiger partial charge in [0, 0.05) is 0 Å². The van der Waals surface area contributed by atoms with E-state index >= 15 is 0 Å². The summed E-state index contributed by atoms with van der Waals surface area (Å²) in [5.74, 6) is 0. The third-order valence-electron chi connectivity index (χ3n) is 1.44. The largest absolute Gasteiger partial charge is 0.416 e. The van der Waals surface area contributed by atoms with Crippen LogP contribution in [0.5, 0.6) is 0 Å². The van der Waals surface area contributed by atoms with Crippen molar-refractivity contribution in [2.75, 3.05) is 0 Å². The maximum Gasteiger partial charge on any atom is 0.416 e. The normalized spacial score (nSPS) is 10.7. The number of halogens is 3. The van der Waals surface area contributed by atoms with Crippen LogP contribution >= 0.6 is 12.2 Å². The Kier molecular flexibility index (Phi) is 2.86. The second-order valence-electron chi connectivity index (χ2n) is 2.39. The maximum absolute atomic E-state index is 12.1.